The van der Waals surface area contributed by atoms with Crippen LogP contribution in [0.2, 0.25) is 5.02 Å². The third kappa shape index (κ3) is 4.86. The highest BCUT2D eigenvalue weighted by atomic mass is 79.9. The first-order valence-corrected chi connectivity index (χ1v) is 7.65. The molecular formula is C16H14BrClN2O2. The number of rotatable bonds is 5. The lowest BCUT2D eigenvalue weighted by Gasteiger charge is -2.06. The standard InChI is InChI=1S/C16H14BrClN2O2/c1-22-14-6-7-15(18)12(8-14)9-16(21)20-19-10-11-2-4-13(17)5-3-11/h2-8,10H,9H2,1H3,(H,20,21)/b19-10+. The van der Waals surface area contributed by atoms with Gasteiger partial charge in [0.2, 0.25) is 5.91 Å². The SMILES string of the molecule is COc1ccc(Cl)c(CC(=O)N/N=C/c2ccc(Br)cc2)c1. The van der Waals surface area contributed by atoms with Gasteiger partial charge in [0.25, 0.3) is 0 Å². The monoisotopic (exact) mass is 380 g/mol. The van der Waals surface area contributed by atoms with Crippen LogP contribution in [-0.2, 0) is 11.2 Å². The molecule has 0 spiro atoms. The van der Waals surface area contributed by atoms with Gasteiger partial charge in [0.05, 0.1) is 19.7 Å². The fourth-order valence-electron chi connectivity index (χ4n) is 1.75. The predicted octanol–water partition coefficient (Wildman–Crippen LogP) is 3.80. The number of hydrogen-bond donors (Lipinski definition) is 1. The summed E-state index contributed by atoms with van der Waals surface area (Å²) >= 11 is 9.42. The molecule has 0 aliphatic carbocycles. The van der Waals surface area contributed by atoms with E-state index in [1.165, 1.54) is 0 Å². The van der Waals surface area contributed by atoms with Crippen LogP contribution in [0, 0.1) is 0 Å². The largest absolute Gasteiger partial charge is 0.497 e. The molecule has 6 heteroatoms. The molecule has 0 saturated carbocycles. The fraction of sp³-hybridized carbons (Fsp3) is 0.125. The van der Waals surface area contributed by atoms with Gasteiger partial charge >= 0.3 is 0 Å². The van der Waals surface area contributed by atoms with Crippen molar-refractivity contribution in [2.24, 2.45) is 5.10 Å². The predicted molar refractivity (Wildman–Crippen MR) is 91.6 cm³/mol. The van der Waals surface area contributed by atoms with E-state index in [1.54, 1.807) is 31.5 Å². The third-order valence-corrected chi connectivity index (χ3v) is 3.77. The lowest BCUT2D eigenvalue weighted by Crippen LogP contribution is -2.20. The van der Waals surface area contributed by atoms with Crippen LogP contribution >= 0.6 is 27.5 Å². The first-order valence-electron chi connectivity index (χ1n) is 6.48. The maximum Gasteiger partial charge on any atom is 0.244 e. The van der Waals surface area contributed by atoms with E-state index in [2.05, 4.69) is 26.5 Å². The van der Waals surface area contributed by atoms with Crippen molar-refractivity contribution in [3.8, 4) is 5.75 Å². The highest BCUT2D eigenvalue weighted by molar-refractivity contribution is 9.10. The van der Waals surface area contributed by atoms with Crippen molar-refractivity contribution in [1.29, 1.82) is 0 Å². The summed E-state index contributed by atoms with van der Waals surface area (Å²) in [5.41, 5.74) is 4.06. The molecule has 0 unspecified atom stereocenters. The van der Waals surface area contributed by atoms with E-state index in [1.807, 2.05) is 24.3 Å². The van der Waals surface area contributed by atoms with E-state index in [0.717, 1.165) is 10.0 Å². The van der Waals surface area contributed by atoms with Crippen LogP contribution in [-0.4, -0.2) is 19.2 Å². The van der Waals surface area contributed by atoms with Gasteiger partial charge in [0.15, 0.2) is 0 Å². The van der Waals surface area contributed by atoms with Gasteiger partial charge in [-0.1, -0.05) is 39.7 Å². The summed E-state index contributed by atoms with van der Waals surface area (Å²) in [7, 11) is 1.57. The van der Waals surface area contributed by atoms with Crippen LogP contribution in [0.1, 0.15) is 11.1 Å². The molecular weight excluding hydrogens is 368 g/mol. The number of ether oxygens (including phenoxy) is 1. The van der Waals surface area contributed by atoms with Crippen LogP contribution in [0.25, 0.3) is 0 Å². The summed E-state index contributed by atoms with van der Waals surface area (Å²) in [6.45, 7) is 0. The average molecular weight is 382 g/mol. The lowest BCUT2D eigenvalue weighted by molar-refractivity contribution is -0.120. The Labute approximate surface area is 142 Å². The molecule has 0 aliphatic heterocycles. The minimum Gasteiger partial charge on any atom is -0.497 e. The Morgan fingerprint density at radius 2 is 2.05 bits per heavy atom. The van der Waals surface area contributed by atoms with Gasteiger partial charge in [-0.2, -0.15) is 5.10 Å². The molecule has 22 heavy (non-hydrogen) atoms. The molecule has 2 rings (SSSR count). The van der Waals surface area contributed by atoms with Crippen molar-refractivity contribution in [2.75, 3.05) is 7.11 Å². The number of halogens is 2. The number of nitrogens with zero attached hydrogens (tertiary/aromatic N) is 1. The molecule has 1 N–H and O–H groups in total. The zero-order chi connectivity index (χ0) is 15.9. The summed E-state index contributed by atoms with van der Waals surface area (Å²) < 4.78 is 6.10. The molecule has 2 aromatic rings. The fourth-order valence-corrected chi connectivity index (χ4v) is 2.20. The van der Waals surface area contributed by atoms with Crippen molar-refractivity contribution < 1.29 is 9.53 Å². The second-order valence-corrected chi connectivity index (χ2v) is 5.80. The normalized spacial score (nSPS) is 10.7. The topological polar surface area (TPSA) is 50.7 Å². The minimum atomic E-state index is -0.247. The number of benzene rings is 2. The zero-order valence-corrected chi connectivity index (χ0v) is 14.2. The summed E-state index contributed by atoms with van der Waals surface area (Å²) in [6.07, 6.45) is 1.71. The molecule has 0 radical (unpaired) electrons. The Hall–Kier alpha value is -1.85. The van der Waals surface area contributed by atoms with Gasteiger partial charge in [-0.05, 0) is 41.5 Å². The van der Waals surface area contributed by atoms with E-state index >= 15 is 0 Å². The summed E-state index contributed by atoms with van der Waals surface area (Å²) in [4.78, 5) is 11.9. The average Bonchev–Trinajstić information content (AvgIpc) is 2.51. The summed E-state index contributed by atoms with van der Waals surface area (Å²) in [5.74, 6) is 0.411. The summed E-state index contributed by atoms with van der Waals surface area (Å²) in [6, 6.07) is 12.8. The van der Waals surface area contributed by atoms with E-state index in [0.29, 0.717) is 16.3 Å². The number of nitrogens with one attached hydrogen (secondary N) is 1. The van der Waals surface area contributed by atoms with Gasteiger partial charge in [-0.3, -0.25) is 4.79 Å². The second-order valence-electron chi connectivity index (χ2n) is 4.48. The van der Waals surface area contributed by atoms with Crippen LogP contribution in [0.3, 0.4) is 0 Å². The Bertz CT molecular complexity index is 687. The Kier molecular flexibility index (Phi) is 5.98. The number of hydrazone groups is 1. The highest BCUT2D eigenvalue weighted by Crippen LogP contribution is 2.22. The number of methoxy groups -OCH3 is 1. The smallest absolute Gasteiger partial charge is 0.244 e. The molecule has 114 valence electrons. The molecule has 4 nitrogen and oxygen atoms in total. The van der Waals surface area contributed by atoms with E-state index < -0.39 is 0 Å². The Morgan fingerprint density at radius 3 is 2.73 bits per heavy atom. The Morgan fingerprint density at radius 1 is 1.32 bits per heavy atom. The molecule has 0 heterocycles. The van der Waals surface area contributed by atoms with Crippen LogP contribution in [0.4, 0.5) is 0 Å². The number of carbonyl (C=O) groups excluding carboxylic acids is 1. The molecule has 0 fully saturated rings. The van der Waals surface area contributed by atoms with Gasteiger partial charge in [-0.15, -0.1) is 0 Å². The second kappa shape index (κ2) is 7.96. The van der Waals surface area contributed by atoms with E-state index in [9.17, 15) is 4.79 Å². The summed E-state index contributed by atoms with van der Waals surface area (Å²) in [5, 5.41) is 4.45. The molecule has 0 atom stereocenters. The molecule has 1 amide bonds. The zero-order valence-electron chi connectivity index (χ0n) is 11.8. The van der Waals surface area contributed by atoms with Crippen molar-refractivity contribution >= 4 is 39.7 Å². The molecule has 0 saturated heterocycles. The van der Waals surface area contributed by atoms with Gasteiger partial charge in [0, 0.05) is 9.50 Å². The lowest BCUT2D eigenvalue weighted by atomic mass is 10.1. The highest BCUT2D eigenvalue weighted by Gasteiger charge is 2.07. The van der Waals surface area contributed by atoms with Crippen molar-refractivity contribution in [1.82, 2.24) is 5.43 Å². The van der Waals surface area contributed by atoms with Crippen molar-refractivity contribution in [3.05, 3.63) is 63.1 Å². The molecule has 0 bridgehead atoms. The van der Waals surface area contributed by atoms with Gasteiger partial charge in [-0.25, -0.2) is 5.43 Å². The molecule has 0 aliphatic rings. The van der Waals surface area contributed by atoms with Crippen LogP contribution in [0.15, 0.2) is 52.0 Å². The van der Waals surface area contributed by atoms with Crippen molar-refractivity contribution in [3.63, 3.8) is 0 Å². The minimum absolute atomic E-state index is 0.133. The van der Waals surface area contributed by atoms with Crippen LogP contribution in [0.5, 0.6) is 5.75 Å². The first kappa shape index (κ1) is 16.5. The first-order chi connectivity index (χ1) is 10.6. The van der Waals surface area contributed by atoms with Crippen LogP contribution < -0.4 is 10.2 Å². The quantitative estimate of drug-likeness (QED) is 0.632. The van der Waals surface area contributed by atoms with Crippen molar-refractivity contribution in [2.45, 2.75) is 6.42 Å². The maximum atomic E-state index is 11.9. The molecule has 0 aromatic heterocycles. The van der Waals surface area contributed by atoms with E-state index in [-0.39, 0.29) is 12.3 Å². The maximum absolute atomic E-state index is 11.9. The number of carbonyl (C=O) groups is 1. The Balaban J connectivity index is 1.94. The van der Waals surface area contributed by atoms with E-state index in [4.69, 9.17) is 16.3 Å². The van der Waals surface area contributed by atoms with Gasteiger partial charge in [0.1, 0.15) is 5.75 Å². The molecule has 2 aromatic carbocycles. The third-order valence-electron chi connectivity index (χ3n) is 2.88. The van der Waals surface area contributed by atoms with Gasteiger partial charge < -0.3 is 4.74 Å². The number of amides is 1. The number of hydrogen-bond acceptors (Lipinski definition) is 3.